The fraction of sp³-hybridized carbons (Fsp3) is 0.333. The molecule has 1 aromatic heterocycles. The predicted molar refractivity (Wildman–Crippen MR) is 153 cm³/mol. The number of hydrogen-bond donors (Lipinski definition) is 5. The van der Waals surface area contributed by atoms with Gasteiger partial charge in [-0.25, -0.2) is 9.37 Å². The van der Waals surface area contributed by atoms with E-state index < -0.39 is 41.3 Å². The Hall–Kier alpha value is -4.78. The highest BCUT2D eigenvalue weighted by molar-refractivity contribution is 5.95. The number of halogens is 2. The van der Waals surface area contributed by atoms with Crippen molar-refractivity contribution < 1.29 is 33.3 Å². The van der Waals surface area contributed by atoms with Crippen LogP contribution in [-0.4, -0.2) is 57.8 Å². The van der Waals surface area contributed by atoms with Crippen molar-refractivity contribution in [3.05, 3.63) is 65.4 Å². The van der Waals surface area contributed by atoms with Crippen molar-refractivity contribution in [2.45, 2.75) is 31.5 Å². The monoisotopic (exact) mass is 592 g/mol. The van der Waals surface area contributed by atoms with Crippen LogP contribution in [0, 0.1) is 34.8 Å². The number of aliphatic carboxylic acids is 1. The molecule has 3 aliphatic rings. The third kappa shape index (κ3) is 5.31. The van der Waals surface area contributed by atoms with Crippen LogP contribution in [0.15, 0.2) is 47.6 Å². The Kier molecular flexibility index (Phi) is 7.34. The number of benzene rings is 2. The number of aromatic nitrogens is 1. The summed E-state index contributed by atoms with van der Waals surface area (Å²) < 4.78 is 41.8. The van der Waals surface area contributed by atoms with Gasteiger partial charge in [-0.15, -0.1) is 0 Å². The normalized spacial score (nSPS) is 24.3. The lowest BCUT2D eigenvalue weighted by Crippen LogP contribution is -2.39. The number of aliphatic imine (C=N–C) groups is 1. The molecule has 2 aliphatic carbocycles. The molecule has 2 aromatic carbocycles. The van der Waals surface area contributed by atoms with Crippen LogP contribution < -0.4 is 20.5 Å². The van der Waals surface area contributed by atoms with E-state index in [1.807, 2.05) is 11.9 Å². The molecule has 5 unspecified atom stereocenters. The highest BCUT2D eigenvalue weighted by atomic mass is 19.1. The highest BCUT2D eigenvalue weighted by Gasteiger charge is 2.51. The van der Waals surface area contributed by atoms with E-state index in [1.54, 1.807) is 24.4 Å². The Labute approximate surface area is 245 Å². The van der Waals surface area contributed by atoms with E-state index in [0.29, 0.717) is 17.8 Å². The molecule has 43 heavy (non-hydrogen) atoms. The number of pyridine rings is 1. The molecule has 1 aliphatic heterocycles. The number of ether oxygens (including phenoxy) is 2. The standard InChI is InChI=1S/C30H30F2N6O5/c1-38-9-8-35-28(38)18-12-17(37-25-15-3-2-14(10-15)23(25)30(40)41)5-7-21(18)42-26-19(31)13-36-29(24(26)32)43-22-11-16(27(33)34)4-6-20(22)39/h4-8,11-15,23,25,28,37,39H,2-3,9-10H2,1H3,(H3,33,34)(H,40,41). The zero-order valence-corrected chi connectivity index (χ0v) is 23.1. The second-order valence-electron chi connectivity index (χ2n) is 11.1. The number of nitrogen functional groups attached to an aromatic ring is 1. The maximum atomic E-state index is 15.6. The summed E-state index contributed by atoms with van der Waals surface area (Å²) in [4.78, 5) is 22.1. The fourth-order valence-corrected chi connectivity index (χ4v) is 6.36. The Morgan fingerprint density at radius 3 is 2.65 bits per heavy atom. The number of fused-ring (bicyclic) bond motifs is 2. The summed E-state index contributed by atoms with van der Waals surface area (Å²) in [6.45, 7) is 0.550. The number of carbonyl (C=O) groups is 1. The van der Waals surface area contributed by atoms with Gasteiger partial charge >= 0.3 is 5.97 Å². The number of nitrogens with zero attached hydrogens (tertiary/aromatic N) is 3. The first-order valence-corrected chi connectivity index (χ1v) is 13.8. The minimum atomic E-state index is -1.25. The van der Waals surface area contributed by atoms with Gasteiger partial charge in [0.25, 0.3) is 5.88 Å². The van der Waals surface area contributed by atoms with Gasteiger partial charge in [-0.05, 0) is 74.5 Å². The number of nitrogens with two attached hydrogens (primary N) is 1. The Bertz CT molecular complexity index is 1630. The first-order chi connectivity index (χ1) is 20.6. The van der Waals surface area contributed by atoms with Crippen molar-refractivity contribution in [2.24, 2.45) is 28.5 Å². The van der Waals surface area contributed by atoms with Gasteiger partial charge in [0.1, 0.15) is 17.8 Å². The molecule has 6 N–H and O–H groups in total. The van der Waals surface area contributed by atoms with Crippen LogP contribution in [-0.2, 0) is 4.79 Å². The molecule has 13 heteroatoms. The van der Waals surface area contributed by atoms with Crippen molar-refractivity contribution in [3.63, 3.8) is 0 Å². The van der Waals surface area contributed by atoms with Crippen molar-refractivity contribution in [2.75, 3.05) is 18.9 Å². The summed E-state index contributed by atoms with van der Waals surface area (Å²) in [5, 5.41) is 31.0. The molecule has 3 aromatic rings. The number of hydrogen-bond acceptors (Lipinski definition) is 9. The Morgan fingerprint density at radius 2 is 1.93 bits per heavy atom. The molecule has 2 heterocycles. The molecular formula is C30H30F2N6O5. The minimum Gasteiger partial charge on any atom is -0.504 e. The molecule has 5 atom stereocenters. The van der Waals surface area contributed by atoms with Crippen LogP contribution in [0.3, 0.4) is 0 Å². The molecular weight excluding hydrogens is 562 g/mol. The van der Waals surface area contributed by atoms with Gasteiger partial charge in [-0.3, -0.25) is 20.1 Å². The van der Waals surface area contributed by atoms with Gasteiger partial charge in [0.05, 0.1) is 12.1 Å². The van der Waals surface area contributed by atoms with Crippen LogP contribution in [0.5, 0.6) is 28.9 Å². The van der Waals surface area contributed by atoms with E-state index in [0.717, 1.165) is 25.5 Å². The lowest BCUT2D eigenvalue weighted by molar-refractivity contribution is -0.143. The van der Waals surface area contributed by atoms with E-state index in [2.05, 4.69) is 15.3 Å². The van der Waals surface area contributed by atoms with Crippen molar-refractivity contribution in [1.29, 1.82) is 5.41 Å². The number of phenolic OH excluding ortho intramolecular Hbond substituents is 1. The summed E-state index contributed by atoms with van der Waals surface area (Å²) in [6, 6.07) is 8.62. The maximum absolute atomic E-state index is 15.6. The number of carboxylic acid groups (broad SMARTS) is 1. The first-order valence-electron chi connectivity index (χ1n) is 13.8. The van der Waals surface area contributed by atoms with Gasteiger partial charge in [0, 0.05) is 35.6 Å². The predicted octanol–water partition coefficient (Wildman–Crippen LogP) is 4.86. The molecule has 2 saturated carbocycles. The van der Waals surface area contributed by atoms with Crippen molar-refractivity contribution in [3.8, 4) is 28.9 Å². The molecule has 224 valence electrons. The number of anilines is 1. The third-order valence-corrected chi connectivity index (χ3v) is 8.45. The molecule has 0 radical (unpaired) electrons. The summed E-state index contributed by atoms with van der Waals surface area (Å²) in [5.41, 5.74) is 6.88. The molecule has 2 fully saturated rings. The molecule has 2 bridgehead atoms. The Morgan fingerprint density at radius 1 is 1.14 bits per heavy atom. The second kappa shape index (κ2) is 11.1. The molecule has 0 spiro atoms. The number of carboxylic acids is 1. The van der Waals surface area contributed by atoms with Gasteiger partial charge in [-0.2, -0.15) is 4.39 Å². The topological polar surface area (TPSA) is 166 Å². The highest BCUT2D eigenvalue weighted by Crippen LogP contribution is 2.50. The van der Waals surface area contributed by atoms with Crippen LogP contribution in [0.2, 0.25) is 0 Å². The summed E-state index contributed by atoms with van der Waals surface area (Å²) in [5.74, 6) is -5.47. The zero-order valence-electron chi connectivity index (χ0n) is 23.1. The zero-order chi connectivity index (χ0) is 30.4. The minimum absolute atomic E-state index is 0.126. The maximum Gasteiger partial charge on any atom is 0.308 e. The van der Waals surface area contributed by atoms with E-state index in [1.165, 1.54) is 18.2 Å². The molecule has 0 saturated heterocycles. The largest absolute Gasteiger partial charge is 0.504 e. The van der Waals surface area contributed by atoms with E-state index in [4.69, 9.17) is 20.6 Å². The van der Waals surface area contributed by atoms with Gasteiger partial charge in [-0.1, -0.05) is 0 Å². The molecule has 6 rings (SSSR count). The van der Waals surface area contributed by atoms with Gasteiger partial charge in [0.2, 0.25) is 11.6 Å². The van der Waals surface area contributed by atoms with E-state index in [-0.39, 0.29) is 46.5 Å². The first kappa shape index (κ1) is 28.3. The van der Waals surface area contributed by atoms with E-state index in [9.17, 15) is 19.4 Å². The van der Waals surface area contributed by atoms with Crippen LogP contribution in [0.1, 0.15) is 36.6 Å². The van der Waals surface area contributed by atoms with E-state index >= 15 is 4.39 Å². The van der Waals surface area contributed by atoms with Crippen molar-refractivity contribution >= 4 is 23.7 Å². The summed E-state index contributed by atoms with van der Waals surface area (Å²) in [7, 11) is 1.85. The fourth-order valence-electron chi connectivity index (χ4n) is 6.36. The number of rotatable bonds is 9. The number of nitrogens with one attached hydrogen (secondary N) is 2. The smallest absolute Gasteiger partial charge is 0.308 e. The number of amidine groups is 1. The second-order valence-corrected chi connectivity index (χ2v) is 11.1. The van der Waals surface area contributed by atoms with Crippen molar-refractivity contribution in [1.82, 2.24) is 9.88 Å². The number of phenols is 1. The summed E-state index contributed by atoms with van der Waals surface area (Å²) >= 11 is 0. The average Bonchev–Trinajstić information content (AvgIpc) is 3.70. The molecule has 11 nitrogen and oxygen atoms in total. The van der Waals surface area contributed by atoms with Crippen LogP contribution in [0.25, 0.3) is 0 Å². The van der Waals surface area contributed by atoms with Crippen LogP contribution in [0.4, 0.5) is 14.5 Å². The third-order valence-electron chi connectivity index (χ3n) is 8.45. The lowest BCUT2D eigenvalue weighted by atomic mass is 9.84. The Balaban J connectivity index is 1.32. The molecule has 0 amide bonds. The summed E-state index contributed by atoms with van der Waals surface area (Å²) in [6.07, 6.45) is 4.71. The number of aromatic hydroxyl groups is 1. The van der Waals surface area contributed by atoms with Gasteiger partial charge in [0.15, 0.2) is 17.3 Å². The lowest BCUT2D eigenvalue weighted by Gasteiger charge is -2.30. The SMILES string of the molecule is CN1CC=NC1c1cc(NC2C3CCC(C3)C2C(=O)O)ccc1Oc1c(F)cnc(Oc2cc(C(=N)N)ccc2O)c1F. The van der Waals surface area contributed by atoms with Gasteiger partial charge < -0.3 is 30.7 Å². The van der Waals surface area contributed by atoms with Crippen LogP contribution >= 0.6 is 0 Å². The average molecular weight is 593 g/mol. The quantitative estimate of drug-likeness (QED) is 0.172.